The normalized spacial score (nSPS) is 18.0. The second kappa shape index (κ2) is 8.91. The van der Waals surface area contributed by atoms with Gasteiger partial charge in [0.25, 0.3) is 0 Å². The fraction of sp³-hybridized carbons (Fsp3) is 0.474. The molecule has 2 aromatic rings. The summed E-state index contributed by atoms with van der Waals surface area (Å²) in [5, 5.41) is 0.644. The maximum absolute atomic E-state index is 12.7. The minimum atomic E-state index is -1.23. The zero-order valence-corrected chi connectivity index (χ0v) is 18.6. The van der Waals surface area contributed by atoms with Gasteiger partial charge in [-0.1, -0.05) is 35.3 Å². The molecule has 0 bridgehead atoms. The van der Waals surface area contributed by atoms with Crippen molar-refractivity contribution < 1.29 is 13.7 Å². The molecule has 1 aromatic heterocycles. The van der Waals surface area contributed by atoms with Gasteiger partial charge in [-0.25, -0.2) is 8.93 Å². The summed E-state index contributed by atoms with van der Waals surface area (Å²) in [7, 11) is -1.23. The van der Waals surface area contributed by atoms with Gasteiger partial charge in [0.2, 0.25) is 0 Å². The van der Waals surface area contributed by atoms with Crippen molar-refractivity contribution in [3.8, 4) is 0 Å². The monoisotopic (exact) mass is 447 g/mol. The molecule has 2 unspecified atom stereocenters. The second-order valence-electron chi connectivity index (χ2n) is 7.33. The van der Waals surface area contributed by atoms with Gasteiger partial charge >= 0.3 is 0 Å². The summed E-state index contributed by atoms with van der Waals surface area (Å²) >= 11 is 14.1. The quantitative estimate of drug-likeness (QED) is 0.641. The molecule has 1 aliphatic heterocycles. The van der Waals surface area contributed by atoms with Crippen LogP contribution in [-0.4, -0.2) is 22.2 Å². The first-order valence-corrected chi connectivity index (χ1v) is 11.4. The van der Waals surface area contributed by atoms with Gasteiger partial charge in [-0.3, -0.25) is 0 Å². The van der Waals surface area contributed by atoms with E-state index in [9.17, 15) is 4.21 Å². The van der Waals surface area contributed by atoms with Crippen LogP contribution in [0, 0.1) is 0 Å². The van der Waals surface area contributed by atoms with E-state index >= 15 is 0 Å². The first-order chi connectivity index (χ1) is 12.7. The van der Waals surface area contributed by atoms with E-state index < -0.39 is 11.0 Å². The van der Waals surface area contributed by atoms with E-state index in [0.29, 0.717) is 29.0 Å². The summed E-state index contributed by atoms with van der Waals surface area (Å²) in [5.41, 5.74) is 1.94. The topological polar surface area (TPSA) is 47.6 Å². The Balaban J connectivity index is 1.86. The molecule has 0 amide bonds. The van der Waals surface area contributed by atoms with Gasteiger partial charge in [-0.2, -0.15) is 0 Å². The van der Waals surface area contributed by atoms with Crippen LogP contribution in [-0.2, 0) is 26.9 Å². The van der Waals surface area contributed by atoms with E-state index in [-0.39, 0.29) is 17.1 Å². The molecule has 2 heterocycles. The third-order valence-corrected chi connectivity index (χ3v) is 7.42. The highest BCUT2D eigenvalue weighted by Gasteiger charge is 2.27. The van der Waals surface area contributed by atoms with Gasteiger partial charge < -0.3 is 9.47 Å². The molecule has 27 heavy (non-hydrogen) atoms. The summed E-state index contributed by atoms with van der Waals surface area (Å²) in [6.45, 7) is 7.00. The fourth-order valence-electron chi connectivity index (χ4n) is 2.68. The van der Waals surface area contributed by atoms with Crippen molar-refractivity contribution in [2.24, 2.45) is 0 Å². The second-order valence-corrected chi connectivity index (χ2v) is 11.5. The van der Waals surface area contributed by atoms with Crippen molar-refractivity contribution in [3.05, 3.63) is 55.7 Å². The number of benzene rings is 1. The van der Waals surface area contributed by atoms with E-state index in [1.807, 2.05) is 51.1 Å². The summed E-state index contributed by atoms with van der Waals surface area (Å²) in [6.07, 6.45) is 0.243. The maximum Gasteiger partial charge on any atom is 0.193 e. The molecule has 0 saturated carbocycles. The molecule has 0 radical (unpaired) electrons. The Hall–Kier alpha value is -0.470. The van der Waals surface area contributed by atoms with Gasteiger partial charge in [0, 0.05) is 11.1 Å². The lowest BCUT2D eigenvalue weighted by Gasteiger charge is -2.24. The molecule has 1 N–H and O–H groups in total. The van der Waals surface area contributed by atoms with Crippen LogP contribution in [0.2, 0.25) is 9.36 Å². The molecule has 8 heteroatoms. The Kier molecular flexibility index (Phi) is 7.01. The lowest BCUT2D eigenvalue weighted by molar-refractivity contribution is -0.0413. The predicted molar refractivity (Wildman–Crippen MR) is 113 cm³/mol. The number of thiophene rings is 1. The maximum atomic E-state index is 12.7. The van der Waals surface area contributed by atoms with Crippen LogP contribution in [0.4, 0.5) is 0 Å². The Morgan fingerprint density at radius 2 is 1.96 bits per heavy atom. The number of hydrogen-bond acceptors (Lipinski definition) is 4. The van der Waals surface area contributed by atoms with E-state index in [1.54, 1.807) is 0 Å². The first kappa shape index (κ1) is 21.2. The molecule has 2 atom stereocenters. The standard InChI is InChI=1S/C19H23Cl2NO3S2/c1-19(2,3)27(23)22-15(12-5-4-6-14(20)9-12)10-13-11-16(26-17(13)21)18-24-7-8-25-18/h4-6,9,11,15,18,22H,7-8,10H2,1-3H3. The lowest BCUT2D eigenvalue weighted by atomic mass is 10.0. The van der Waals surface area contributed by atoms with Gasteiger partial charge in [0.15, 0.2) is 6.29 Å². The average Bonchev–Trinajstić information content (AvgIpc) is 3.23. The molecule has 148 valence electrons. The molecule has 1 fully saturated rings. The van der Waals surface area contributed by atoms with Crippen molar-refractivity contribution in [3.63, 3.8) is 0 Å². The van der Waals surface area contributed by atoms with Crippen LogP contribution < -0.4 is 4.72 Å². The molecule has 4 nitrogen and oxygen atoms in total. The molecular weight excluding hydrogens is 425 g/mol. The highest BCUT2D eigenvalue weighted by atomic mass is 35.5. The predicted octanol–water partition coefficient (Wildman–Crippen LogP) is 5.44. The molecule has 1 aliphatic rings. The minimum absolute atomic E-state index is 0.186. The third kappa shape index (κ3) is 5.54. The zero-order valence-electron chi connectivity index (χ0n) is 15.5. The van der Waals surface area contributed by atoms with Gasteiger partial charge in [0.1, 0.15) is 0 Å². The van der Waals surface area contributed by atoms with Crippen molar-refractivity contribution in [1.29, 1.82) is 0 Å². The molecule has 1 aromatic carbocycles. The van der Waals surface area contributed by atoms with Crippen molar-refractivity contribution in [2.75, 3.05) is 13.2 Å². The van der Waals surface area contributed by atoms with E-state index in [4.69, 9.17) is 32.7 Å². The number of ether oxygens (including phenoxy) is 2. The van der Waals surface area contributed by atoms with Gasteiger partial charge in [-0.15, -0.1) is 11.3 Å². The molecule has 3 rings (SSSR count). The van der Waals surface area contributed by atoms with Gasteiger partial charge in [-0.05, 0) is 56.5 Å². The summed E-state index contributed by atoms with van der Waals surface area (Å²) in [6, 6.07) is 9.43. The van der Waals surface area contributed by atoms with Crippen molar-refractivity contribution in [1.82, 2.24) is 4.72 Å². The Bertz CT molecular complexity index is 814. The molecule has 0 spiro atoms. The number of hydrogen-bond donors (Lipinski definition) is 1. The Labute approximate surface area is 176 Å². The number of nitrogens with one attached hydrogen (secondary N) is 1. The zero-order chi connectivity index (χ0) is 19.6. The first-order valence-electron chi connectivity index (χ1n) is 8.69. The van der Waals surface area contributed by atoms with Gasteiger partial charge in [0.05, 0.1) is 38.2 Å². The summed E-state index contributed by atoms with van der Waals surface area (Å²) in [4.78, 5) is 0.953. The molecular formula is C19H23Cl2NO3S2. The average molecular weight is 448 g/mol. The molecule has 0 aliphatic carbocycles. The highest BCUT2D eigenvalue weighted by Crippen LogP contribution is 2.37. The third-order valence-electron chi connectivity index (χ3n) is 4.11. The largest absolute Gasteiger partial charge is 0.345 e. The number of rotatable bonds is 6. The lowest BCUT2D eigenvalue weighted by Crippen LogP contribution is -2.36. The van der Waals surface area contributed by atoms with E-state index in [1.165, 1.54) is 11.3 Å². The SMILES string of the molecule is CC(C)(C)S(=O)NC(Cc1cc(C2OCCO2)sc1Cl)c1cccc(Cl)c1. The smallest absolute Gasteiger partial charge is 0.193 e. The van der Waals surface area contributed by atoms with Crippen LogP contribution in [0.3, 0.4) is 0 Å². The van der Waals surface area contributed by atoms with Crippen molar-refractivity contribution >= 4 is 45.5 Å². The minimum Gasteiger partial charge on any atom is -0.345 e. The van der Waals surface area contributed by atoms with Crippen LogP contribution in [0.1, 0.15) is 49.1 Å². The van der Waals surface area contributed by atoms with Crippen LogP contribution in [0.25, 0.3) is 0 Å². The summed E-state index contributed by atoms with van der Waals surface area (Å²) in [5.74, 6) is 0. The van der Waals surface area contributed by atoms with Crippen LogP contribution in [0.5, 0.6) is 0 Å². The number of halogens is 2. The van der Waals surface area contributed by atoms with Crippen LogP contribution >= 0.6 is 34.5 Å². The highest BCUT2D eigenvalue weighted by molar-refractivity contribution is 7.84. The van der Waals surface area contributed by atoms with Crippen LogP contribution in [0.15, 0.2) is 30.3 Å². The fourth-order valence-corrected chi connectivity index (χ4v) is 5.02. The van der Waals surface area contributed by atoms with E-state index in [0.717, 1.165) is 16.0 Å². The molecule has 1 saturated heterocycles. The summed E-state index contributed by atoms with van der Waals surface area (Å²) < 4.78 is 27.4. The van der Waals surface area contributed by atoms with E-state index in [2.05, 4.69) is 4.72 Å². The van der Waals surface area contributed by atoms with Crippen molar-refractivity contribution in [2.45, 2.75) is 44.3 Å². The Morgan fingerprint density at radius 1 is 1.26 bits per heavy atom. The Morgan fingerprint density at radius 3 is 2.59 bits per heavy atom.